The molecule has 0 amide bonds. The van der Waals surface area contributed by atoms with E-state index in [1.807, 2.05) is 37.0 Å². The molecule has 0 aromatic heterocycles. The number of rotatable bonds is 6. The minimum Gasteiger partial charge on any atom is -0.352 e. The molecule has 0 radical (unpaired) electrons. The fraction of sp³-hybridized carbons (Fsp3) is 0.350. The zero-order valence-corrected chi connectivity index (χ0v) is 18.5. The molecule has 0 saturated carbocycles. The first-order valence-corrected chi connectivity index (χ1v) is 8.47. The van der Waals surface area contributed by atoms with Crippen LogP contribution in [0.4, 0.5) is 8.78 Å². The second-order valence-corrected chi connectivity index (χ2v) is 6.55. The number of hydrogen-bond acceptors (Lipinski definition) is 2. The molecule has 2 aromatic carbocycles. The van der Waals surface area contributed by atoms with Gasteiger partial charge in [0.25, 0.3) is 0 Å². The summed E-state index contributed by atoms with van der Waals surface area (Å²) in [4.78, 5) is 8.17. The summed E-state index contributed by atoms with van der Waals surface area (Å²) in [6.07, 6.45) is 0. The highest BCUT2D eigenvalue weighted by molar-refractivity contribution is 14.0. The number of guanidine groups is 1. The Morgan fingerprint density at radius 2 is 1.59 bits per heavy atom. The molecule has 2 aromatic rings. The van der Waals surface area contributed by atoms with E-state index in [4.69, 9.17) is 0 Å². The Morgan fingerprint density at radius 3 is 2.19 bits per heavy atom. The maximum absolute atomic E-state index is 13.9. The summed E-state index contributed by atoms with van der Waals surface area (Å²) < 4.78 is 26.9. The van der Waals surface area contributed by atoms with Crippen molar-refractivity contribution in [3.8, 4) is 0 Å². The quantitative estimate of drug-likeness (QED) is 0.381. The van der Waals surface area contributed by atoms with Crippen molar-refractivity contribution in [2.24, 2.45) is 4.99 Å². The van der Waals surface area contributed by atoms with E-state index < -0.39 is 0 Å². The molecular formula is C20H27F2IN4. The van der Waals surface area contributed by atoms with Crippen LogP contribution in [0.1, 0.15) is 16.7 Å². The van der Waals surface area contributed by atoms with Crippen LogP contribution in [0.5, 0.6) is 0 Å². The molecular weight excluding hydrogens is 461 g/mol. The molecule has 0 fully saturated rings. The van der Waals surface area contributed by atoms with Crippen LogP contribution in [-0.4, -0.2) is 44.0 Å². The van der Waals surface area contributed by atoms with E-state index >= 15 is 0 Å². The van der Waals surface area contributed by atoms with E-state index in [0.717, 1.165) is 11.1 Å². The number of nitrogens with one attached hydrogen (secondary N) is 1. The van der Waals surface area contributed by atoms with Gasteiger partial charge in [-0.25, -0.2) is 8.78 Å². The molecule has 0 unspecified atom stereocenters. The van der Waals surface area contributed by atoms with Crippen molar-refractivity contribution in [1.82, 2.24) is 15.1 Å². The lowest BCUT2D eigenvalue weighted by atomic mass is 10.1. The van der Waals surface area contributed by atoms with Crippen molar-refractivity contribution >= 4 is 29.9 Å². The Balaban J connectivity index is 0.00000364. The standard InChI is InChI=1S/C20H26F2N4.HI/c1-23-20(26(4)13-15-5-8-18(21)9-6-15)24-12-16-7-10-19(22)17(11-16)14-25(2)3;/h5-11H,12-14H2,1-4H3,(H,23,24);1H. The molecule has 27 heavy (non-hydrogen) atoms. The van der Waals surface area contributed by atoms with E-state index in [0.29, 0.717) is 31.2 Å². The number of benzene rings is 2. The Hall–Kier alpha value is -1.74. The van der Waals surface area contributed by atoms with Crippen molar-refractivity contribution < 1.29 is 8.78 Å². The average molecular weight is 488 g/mol. The maximum atomic E-state index is 13.9. The number of nitrogens with zero attached hydrogens (tertiary/aromatic N) is 3. The molecule has 2 rings (SSSR count). The Bertz CT molecular complexity index is 748. The molecule has 0 aliphatic rings. The van der Waals surface area contributed by atoms with Gasteiger partial charge in [0, 0.05) is 39.3 Å². The summed E-state index contributed by atoms with van der Waals surface area (Å²) in [7, 11) is 7.46. The zero-order valence-electron chi connectivity index (χ0n) is 16.2. The molecule has 148 valence electrons. The van der Waals surface area contributed by atoms with Gasteiger partial charge in [-0.15, -0.1) is 24.0 Å². The Kier molecular flexibility index (Phi) is 9.65. The highest BCUT2D eigenvalue weighted by atomic mass is 127. The second kappa shape index (κ2) is 11.2. The lowest BCUT2D eigenvalue weighted by Gasteiger charge is -2.22. The van der Waals surface area contributed by atoms with Crippen LogP contribution in [-0.2, 0) is 19.6 Å². The largest absolute Gasteiger partial charge is 0.352 e. The zero-order chi connectivity index (χ0) is 19.1. The summed E-state index contributed by atoms with van der Waals surface area (Å²) in [5.74, 6) is 0.275. The monoisotopic (exact) mass is 488 g/mol. The van der Waals surface area contributed by atoms with Crippen LogP contribution >= 0.6 is 24.0 Å². The van der Waals surface area contributed by atoms with Crippen LogP contribution in [0.25, 0.3) is 0 Å². The van der Waals surface area contributed by atoms with Crippen LogP contribution < -0.4 is 5.32 Å². The number of hydrogen-bond donors (Lipinski definition) is 1. The normalized spacial score (nSPS) is 11.3. The molecule has 0 bridgehead atoms. The van der Waals surface area contributed by atoms with Crippen molar-refractivity contribution in [2.75, 3.05) is 28.2 Å². The van der Waals surface area contributed by atoms with Gasteiger partial charge in [0.05, 0.1) is 0 Å². The minimum absolute atomic E-state index is 0. The summed E-state index contributed by atoms with van der Waals surface area (Å²) in [5.41, 5.74) is 2.65. The third kappa shape index (κ3) is 7.42. The van der Waals surface area contributed by atoms with Gasteiger partial charge in [0.1, 0.15) is 11.6 Å². The van der Waals surface area contributed by atoms with Crippen molar-refractivity contribution in [3.05, 3.63) is 70.8 Å². The third-order valence-electron chi connectivity index (χ3n) is 3.95. The van der Waals surface area contributed by atoms with Crippen LogP contribution in [0.2, 0.25) is 0 Å². The highest BCUT2D eigenvalue weighted by Crippen LogP contribution is 2.12. The van der Waals surface area contributed by atoms with Gasteiger partial charge < -0.3 is 15.1 Å². The van der Waals surface area contributed by atoms with E-state index in [-0.39, 0.29) is 35.6 Å². The first-order chi connectivity index (χ1) is 12.4. The molecule has 0 spiro atoms. The fourth-order valence-electron chi connectivity index (χ4n) is 2.70. The van der Waals surface area contributed by atoms with E-state index in [9.17, 15) is 8.78 Å². The number of halogens is 3. The van der Waals surface area contributed by atoms with Crippen molar-refractivity contribution in [2.45, 2.75) is 19.6 Å². The van der Waals surface area contributed by atoms with Crippen LogP contribution in [0.15, 0.2) is 47.5 Å². The molecule has 1 N–H and O–H groups in total. The van der Waals surface area contributed by atoms with E-state index in [1.165, 1.54) is 18.2 Å². The van der Waals surface area contributed by atoms with Gasteiger partial charge in [-0.3, -0.25) is 4.99 Å². The van der Waals surface area contributed by atoms with Gasteiger partial charge >= 0.3 is 0 Å². The lowest BCUT2D eigenvalue weighted by molar-refractivity contribution is 0.392. The van der Waals surface area contributed by atoms with Crippen LogP contribution in [0, 0.1) is 11.6 Å². The first-order valence-electron chi connectivity index (χ1n) is 8.47. The second-order valence-electron chi connectivity index (χ2n) is 6.55. The maximum Gasteiger partial charge on any atom is 0.193 e. The number of aliphatic imine (C=N–C) groups is 1. The lowest BCUT2D eigenvalue weighted by Crippen LogP contribution is -2.38. The van der Waals surface area contributed by atoms with Crippen LogP contribution in [0.3, 0.4) is 0 Å². The average Bonchev–Trinajstić information content (AvgIpc) is 2.59. The fourth-order valence-corrected chi connectivity index (χ4v) is 2.70. The van der Waals surface area contributed by atoms with Gasteiger partial charge in [-0.05, 0) is 49.5 Å². The predicted octanol–water partition coefficient (Wildman–Crippen LogP) is 3.85. The summed E-state index contributed by atoms with van der Waals surface area (Å²) in [6.45, 7) is 1.70. The molecule has 7 heteroatoms. The molecule has 0 atom stereocenters. The van der Waals surface area contributed by atoms with Crippen molar-refractivity contribution in [3.63, 3.8) is 0 Å². The molecule has 0 aliphatic heterocycles. The molecule has 4 nitrogen and oxygen atoms in total. The minimum atomic E-state index is -0.247. The smallest absolute Gasteiger partial charge is 0.193 e. The summed E-state index contributed by atoms with van der Waals surface area (Å²) in [5, 5.41) is 3.28. The molecule has 0 aliphatic carbocycles. The Labute approximate surface area is 177 Å². The predicted molar refractivity (Wildman–Crippen MR) is 117 cm³/mol. The van der Waals surface area contributed by atoms with E-state index in [2.05, 4.69) is 10.3 Å². The van der Waals surface area contributed by atoms with Gasteiger partial charge in [-0.1, -0.05) is 18.2 Å². The summed E-state index contributed by atoms with van der Waals surface area (Å²) in [6, 6.07) is 11.6. The SMILES string of the molecule is CN=C(NCc1ccc(F)c(CN(C)C)c1)N(C)Cc1ccc(F)cc1.I. The Morgan fingerprint density at radius 1 is 0.963 bits per heavy atom. The first kappa shape index (κ1) is 23.3. The molecule has 0 heterocycles. The highest BCUT2D eigenvalue weighted by Gasteiger charge is 2.09. The topological polar surface area (TPSA) is 30.9 Å². The summed E-state index contributed by atoms with van der Waals surface area (Å²) >= 11 is 0. The third-order valence-corrected chi connectivity index (χ3v) is 3.95. The van der Waals surface area contributed by atoms with Gasteiger partial charge in [0.15, 0.2) is 5.96 Å². The molecule has 0 saturated heterocycles. The van der Waals surface area contributed by atoms with Crippen molar-refractivity contribution in [1.29, 1.82) is 0 Å². The van der Waals surface area contributed by atoms with Gasteiger partial charge in [0.2, 0.25) is 0 Å². The van der Waals surface area contributed by atoms with Gasteiger partial charge in [-0.2, -0.15) is 0 Å². The van der Waals surface area contributed by atoms with E-state index in [1.54, 1.807) is 25.2 Å².